The van der Waals surface area contributed by atoms with Gasteiger partial charge in [-0.25, -0.2) is 0 Å². The van der Waals surface area contributed by atoms with E-state index < -0.39 is 0 Å². The van der Waals surface area contributed by atoms with E-state index in [-0.39, 0.29) is 11.2 Å². The maximum atomic E-state index is 12.5. The number of rotatable bonds is 7. The van der Waals surface area contributed by atoms with E-state index in [1.165, 1.54) is 11.8 Å². The molecule has 0 saturated carbocycles. The fourth-order valence-corrected chi connectivity index (χ4v) is 3.46. The summed E-state index contributed by atoms with van der Waals surface area (Å²) in [7, 11) is 0. The van der Waals surface area contributed by atoms with Gasteiger partial charge < -0.3 is 9.73 Å². The maximum absolute atomic E-state index is 12.5. The number of hydrogen-bond donors (Lipinski definition) is 1. The Labute approximate surface area is 166 Å². The Bertz CT molecular complexity index is 949. The number of furan rings is 1. The molecule has 1 amide bonds. The first-order chi connectivity index (χ1) is 13.0. The van der Waals surface area contributed by atoms with E-state index in [1.54, 1.807) is 36.6 Å². The van der Waals surface area contributed by atoms with Crippen molar-refractivity contribution in [3.63, 3.8) is 0 Å². The van der Waals surface area contributed by atoms with Crippen LogP contribution in [0.3, 0.4) is 0 Å². The van der Waals surface area contributed by atoms with E-state index in [0.717, 1.165) is 11.3 Å². The SMILES string of the molecule is C=CCn1c(SC(C)C(=O)Nc2ccc(Cl)cc2)nnc1-c1ccoc1C. The first-order valence-corrected chi connectivity index (χ1v) is 9.57. The molecule has 27 heavy (non-hydrogen) atoms. The Kier molecular flexibility index (Phi) is 6.03. The van der Waals surface area contributed by atoms with Crippen molar-refractivity contribution in [3.05, 3.63) is 60.0 Å². The van der Waals surface area contributed by atoms with E-state index in [9.17, 15) is 4.79 Å². The molecule has 0 radical (unpaired) electrons. The van der Waals surface area contributed by atoms with Gasteiger partial charge in [0.2, 0.25) is 5.91 Å². The Balaban J connectivity index is 1.77. The van der Waals surface area contributed by atoms with Crippen molar-refractivity contribution >= 4 is 35.0 Å². The predicted molar refractivity (Wildman–Crippen MR) is 108 cm³/mol. The van der Waals surface area contributed by atoms with Gasteiger partial charge in [0, 0.05) is 17.3 Å². The van der Waals surface area contributed by atoms with Crippen LogP contribution in [0.4, 0.5) is 5.69 Å². The number of halogens is 1. The van der Waals surface area contributed by atoms with Crippen LogP contribution in [0.1, 0.15) is 12.7 Å². The molecule has 6 nitrogen and oxygen atoms in total. The lowest BCUT2D eigenvalue weighted by Gasteiger charge is -2.13. The van der Waals surface area contributed by atoms with Crippen LogP contribution in [0.2, 0.25) is 5.02 Å². The van der Waals surface area contributed by atoms with Gasteiger partial charge >= 0.3 is 0 Å². The molecule has 1 aromatic carbocycles. The fourth-order valence-electron chi connectivity index (χ4n) is 2.47. The zero-order valence-corrected chi connectivity index (χ0v) is 16.5. The smallest absolute Gasteiger partial charge is 0.237 e. The molecule has 1 unspecified atom stereocenters. The molecule has 2 heterocycles. The largest absolute Gasteiger partial charge is 0.469 e. The third-order valence-corrected chi connectivity index (χ3v) is 5.22. The van der Waals surface area contributed by atoms with E-state index in [4.69, 9.17) is 16.0 Å². The molecular weight excluding hydrogens is 384 g/mol. The number of thioether (sulfide) groups is 1. The number of anilines is 1. The summed E-state index contributed by atoms with van der Waals surface area (Å²) >= 11 is 7.21. The highest BCUT2D eigenvalue weighted by atomic mass is 35.5. The van der Waals surface area contributed by atoms with Crippen LogP contribution < -0.4 is 5.32 Å². The number of allylic oxidation sites excluding steroid dienone is 1. The van der Waals surface area contributed by atoms with Gasteiger partial charge in [0.15, 0.2) is 11.0 Å². The molecule has 0 bridgehead atoms. The topological polar surface area (TPSA) is 73.0 Å². The molecule has 0 aliphatic rings. The predicted octanol–water partition coefficient (Wildman–Crippen LogP) is 4.81. The lowest BCUT2D eigenvalue weighted by molar-refractivity contribution is -0.115. The van der Waals surface area contributed by atoms with Crippen molar-refractivity contribution < 1.29 is 9.21 Å². The van der Waals surface area contributed by atoms with E-state index in [1.807, 2.05) is 24.5 Å². The van der Waals surface area contributed by atoms with Crippen LogP contribution in [0.5, 0.6) is 0 Å². The standard InChI is InChI=1S/C19H19ClN4O2S/c1-4-10-24-17(16-9-11-26-12(16)2)22-23-19(24)27-13(3)18(25)21-15-7-5-14(20)6-8-15/h4-9,11,13H,1,10H2,2-3H3,(H,21,25). The van der Waals surface area contributed by atoms with Crippen molar-refractivity contribution in [2.75, 3.05) is 5.32 Å². The summed E-state index contributed by atoms with van der Waals surface area (Å²) in [5.41, 5.74) is 1.56. The summed E-state index contributed by atoms with van der Waals surface area (Å²) in [5.74, 6) is 1.32. The first kappa shape index (κ1) is 19.3. The molecule has 2 aromatic heterocycles. The summed E-state index contributed by atoms with van der Waals surface area (Å²) in [5, 5.41) is 12.3. The molecule has 0 aliphatic heterocycles. The highest BCUT2D eigenvalue weighted by Crippen LogP contribution is 2.29. The molecule has 140 valence electrons. The summed E-state index contributed by atoms with van der Waals surface area (Å²) < 4.78 is 7.29. The minimum absolute atomic E-state index is 0.128. The molecule has 0 saturated heterocycles. The lowest BCUT2D eigenvalue weighted by atomic mass is 10.2. The highest BCUT2D eigenvalue weighted by Gasteiger charge is 2.21. The zero-order valence-electron chi connectivity index (χ0n) is 15.0. The van der Waals surface area contributed by atoms with Crippen molar-refractivity contribution in [2.24, 2.45) is 0 Å². The number of carbonyl (C=O) groups is 1. The summed E-state index contributed by atoms with van der Waals surface area (Å²) in [6.45, 7) is 8.03. The van der Waals surface area contributed by atoms with Crippen LogP contribution in [-0.2, 0) is 11.3 Å². The van der Waals surface area contributed by atoms with Gasteiger partial charge in [-0.3, -0.25) is 9.36 Å². The van der Waals surface area contributed by atoms with Crippen LogP contribution >= 0.6 is 23.4 Å². The second-order valence-electron chi connectivity index (χ2n) is 5.85. The van der Waals surface area contributed by atoms with Gasteiger partial charge in [0.25, 0.3) is 0 Å². The number of benzene rings is 1. The molecule has 8 heteroatoms. The summed E-state index contributed by atoms with van der Waals surface area (Å²) in [6.07, 6.45) is 3.39. The number of hydrogen-bond acceptors (Lipinski definition) is 5. The van der Waals surface area contributed by atoms with Crippen molar-refractivity contribution in [1.82, 2.24) is 14.8 Å². The van der Waals surface area contributed by atoms with Crippen LogP contribution in [-0.4, -0.2) is 25.9 Å². The maximum Gasteiger partial charge on any atom is 0.237 e. The fraction of sp³-hybridized carbons (Fsp3) is 0.211. The lowest BCUT2D eigenvalue weighted by Crippen LogP contribution is -2.22. The van der Waals surface area contributed by atoms with Crippen LogP contribution in [0.25, 0.3) is 11.4 Å². The Morgan fingerprint density at radius 2 is 2.11 bits per heavy atom. The van der Waals surface area contributed by atoms with Gasteiger partial charge in [0.1, 0.15) is 5.76 Å². The Morgan fingerprint density at radius 3 is 2.74 bits per heavy atom. The van der Waals surface area contributed by atoms with Gasteiger partial charge in [0.05, 0.1) is 17.1 Å². The van der Waals surface area contributed by atoms with Gasteiger partial charge in [-0.15, -0.1) is 16.8 Å². The number of nitrogens with one attached hydrogen (secondary N) is 1. The first-order valence-electron chi connectivity index (χ1n) is 8.31. The number of aromatic nitrogens is 3. The summed E-state index contributed by atoms with van der Waals surface area (Å²) in [4.78, 5) is 12.5. The number of nitrogens with zero attached hydrogens (tertiary/aromatic N) is 3. The third-order valence-electron chi connectivity index (χ3n) is 3.89. The molecule has 3 rings (SSSR count). The second kappa shape index (κ2) is 8.45. The normalized spacial score (nSPS) is 12.0. The van der Waals surface area contributed by atoms with Crippen molar-refractivity contribution in [3.8, 4) is 11.4 Å². The number of amides is 1. The van der Waals surface area contributed by atoms with Gasteiger partial charge in [-0.2, -0.15) is 0 Å². The molecule has 0 aliphatic carbocycles. The highest BCUT2D eigenvalue weighted by molar-refractivity contribution is 8.00. The number of aryl methyl sites for hydroxylation is 1. The van der Waals surface area contributed by atoms with Crippen molar-refractivity contribution in [2.45, 2.75) is 30.8 Å². The average molecular weight is 403 g/mol. The average Bonchev–Trinajstić information content (AvgIpc) is 3.23. The van der Waals surface area contributed by atoms with Crippen LogP contribution in [0.15, 0.2) is 58.8 Å². The Morgan fingerprint density at radius 1 is 1.37 bits per heavy atom. The van der Waals surface area contributed by atoms with E-state index >= 15 is 0 Å². The van der Waals surface area contributed by atoms with Gasteiger partial charge in [-0.1, -0.05) is 29.4 Å². The van der Waals surface area contributed by atoms with Crippen LogP contribution in [0, 0.1) is 6.92 Å². The molecule has 0 fully saturated rings. The molecule has 1 atom stereocenters. The zero-order chi connectivity index (χ0) is 19.4. The van der Waals surface area contributed by atoms with E-state index in [0.29, 0.717) is 28.2 Å². The number of carbonyl (C=O) groups excluding carboxylic acids is 1. The second-order valence-corrected chi connectivity index (χ2v) is 7.60. The van der Waals surface area contributed by atoms with Crippen molar-refractivity contribution in [1.29, 1.82) is 0 Å². The third kappa shape index (κ3) is 4.43. The molecule has 1 N–H and O–H groups in total. The summed E-state index contributed by atoms with van der Waals surface area (Å²) in [6, 6.07) is 8.84. The molecule has 3 aromatic rings. The van der Waals surface area contributed by atoms with E-state index in [2.05, 4.69) is 22.1 Å². The monoisotopic (exact) mass is 402 g/mol. The van der Waals surface area contributed by atoms with Gasteiger partial charge in [-0.05, 0) is 44.2 Å². The minimum atomic E-state index is -0.369. The minimum Gasteiger partial charge on any atom is -0.469 e. The molecule has 0 spiro atoms. The molecular formula is C19H19ClN4O2S. The Hall–Kier alpha value is -2.51. The quantitative estimate of drug-likeness (QED) is 0.453.